The monoisotopic (exact) mass is 688 g/mol. The minimum absolute atomic E-state index is 0. The van der Waals surface area contributed by atoms with Gasteiger partial charge in [-0.25, -0.2) is 0 Å². The summed E-state index contributed by atoms with van der Waals surface area (Å²) in [4.78, 5) is 24.4. The predicted octanol–water partition coefficient (Wildman–Crippen LogP) is 12.0. The number of unbranched alkanes of at least 4 members (excludes halogenated alkanes) is 24. The zero-order valence-electron chi connectivity index (χ0n) is 27.8. The average molecular weight is 690 g/mol. The molecule has 1 aromatic carbocycles. The second kappa shape index (κ2) is 30.4. The van der Waals surface area contributed by atoms with Crippen LogP contribution in [-0.4, -0.2) is 0 Å². The summed E-state index contributed by atoms with van der Waals surface area (Å²) in [5.74, 6) is 0. The Hall–Kier alpha value is 0.763. The van der Waals surface area contributed by atoms with Crippen LogP contribution in [0.15, 0.2) is 23.1 Å². The van der Waals surface area contributed by atoms with Crippen LogP contribution in [0.4, 0.5) is 0 Å². The van der Waals surface area contributed by atoms with E-state index in [1.807, 2.05) is 0 Å². The van der Waals surface area contributed by atoms with Gasteiger partial charge in [-0.05, 0) is 48.9 Å². The fourth-order valence-electron chi connectivity index (χ4n) is 5.89. The Labute approximate surface area is 284 Å². The number of aryl methyl sites for hydroxylation is 2. The molecule has 0 amide bonds. The van der Waals surface area contributed by atoms with Crippen LogP contribution in [0.25, 0.3) is 0 Å². The molecule has 6 heteroatoms. The number of hydrogen-bond donors (Lipinski definition) is 0. The Bertz CT molecular complexity index is 723. The van der Waals surface area contributed by atoms with Crippen LogP contribution in [0.5, 0.6) is 0 Å². The SMILES string of the molecule is CCCCCCCCCCCCCCCc1cc(CCCCCCCCCCCCCCC)cc(SP([O-])([O-])=S)c1.[Zn+2]. The number of benzene rings is 1. The minimum Gasteiger partial charge on any atom is -0.824 e. The summed E-state index contributed by atoms with van der Waals surface area (Å²) < 4.78 is 0. The molecule has 0 heterocycles. The summed E-state index contributed by atoms with van der Waals surface area (Å²) in [6.07, 6.45) is 37.5. The molecule has 0 aliphatic heterocycles. The zero-order chi connectivity index (χ0) is 29.9. The van der Waals surface area contributed by atoms with E-state index < -0.39 is 5.69 Å². The molecule has 0 spiro atoms. The molecule has 0 bridgehead atoms. The topological polar surface area (TPSA) is 46.1 Å². The molecule has 0 unspecified atom stereocenters. The van der Waals surface area contributed by atoms with E-state index in [9.17, 15) is 9.79 Å². The van der Waals surface area contributed by atoms with E-state index in [0.29, 0.717) is 0 Å². The zero-order valence-corrected chi connectivity index (χ0v) is 33.3. The van der Waals surface area contributed by atoms with E-state index >= 15 is 0 Å². The summed E-state index contributed by atoms with van der Waals surface area (Å²) in [5, 5.41) is 0. The second-order valence-electron chi connectivity index (χ2n) is 12.5. The van der Waals surface area contributed by atoms with Gasteiger partial charge in [-0.2, -0.15) is 5.69 Å². The molecule has 0 fully saturated rings. The van der Waals surface area contributed by atoms with Crippen LogP contribution in [0.3, 0.4) is 0 Å². The van der Waals surface area contributed by atoms with Crippen molar-refractivity contribution in [3.63, 3.8) is 0 Å². The van der Waals surface area contributed by atoms with Gasteiger partial charge < -0.3 is 9.79 Å². The first-order valence-electron chi connectivity index (χ1n) is 17.8. The van der Waals surface area contributed by atoms with Crippen molar-refractivity contribution < 1.29 is 29.3 Å². The van der Waals surface area contributed by atoms with Crippen LogP contribution in [0, 0.1) is 0 Å². The van der Waals surface area contributed by atoms with Crippen molar-refractivity contribution in [2.45, 2.75) is 199 Å². The quantitative estimate of drug-likeness (QED) is 0.0458. The smallest absolute Gasteiger partial charge is 0.824 e. The van der Waals surface area contributed by atoms with Gasteiger partial charge in [0.05, 0.1) is 0 Å². The van der Waals surface area contributed by atoms with Crippen molar-refractivity contribution in [1.29, 1.82) is 0 Å². The van der Waals surface area contributed by atoms with E-state index in [2.05, 4.69) is 32.0 Å². The number of hydrogen-bond acceptors (Lipinski definition) is 4. The molecule has 1 rings (SSSR count). The van der Waals surface area contributed by atoms with Gasteiger partial charge in [-0.1, -0.05) is 174 Å². The van der Waals surface area contributed by atoms with Crippen molar-refractivity contribution in [2.24, 2.45) is 0 Å². The summed E-state index contributed by atoms with van der Waals surface area (Å²) in [6.45, 7) is 4.56. The largest absolute Gasteiger partial charge is 2.00 e. The Morgan fingerprint density at radius 1 is 0.476 bits per heavy atom. The maximum Gasteiger partial charge on any atom is 2.00 e. The molecule has 1 aromatic rings. The van der Waals surface area contributed by atoms with Crippen molar-refractivity contribution in [3.8, 4) is 0 Å². The molecule has 0 radical (unpaired) electrons. The molecule has 0 saturated heterocycles. The van der Waals surface area contributed by atoms with E-state index in [1.165, 1.54) is 178 Å². The van der Waals surface area contributed by atoms with E-state index in [-0.39, 0.29) is 19.5 Å². The molecule has 42 heavy (non-hydrogen) atoms. The first-order valence-corrected chi connectivity index (χ1v) is 21.8. The van der Waals surface area contributed by atoms with Gasteiger partial charge in [-0.3, -0.25) is 0 Å². The first kappa shape index (κ1) is 42.8. The third-order valence-corrected chi connectivity index (χ3v) is 11.0. The summed E-state index contributed by atoms with van der Waals surface area (Å²) in [5.41, 5.74) is -1.23. The van der Waals surface area contributed by atoms with Crippen LogP contribution in [0.1, 0.15) is 192 Å². The van der Waals surface area contributed by atoms with E-state index in [0.717, 1.165) is 29.1 Å². The molecule has 0 saturated carbocycles. The fraction of sp³-hybridized carbons (Fsp3) is 0.833. The molecule has 240 valence electrons. The maximum absolute atomic E-state index is 11.8. The van der Waals surface area contributed by atoms with Gasteiger partial charge in [0.1, 0.15) is 0 Å². The van der Waals surface area contributed by atoms with E-state index in [4.69, 9.17) is 11.8 Å². The Morgan fingerprint density at radius 2 is 0.738 bits per heavy atom. The van der Waals surface area contributed by atoms with Gasteiger partial charge in [0.25, 0.3) is 0 Å². The molecule has 0 aromatic heterocycles. The summed E-state index contributed by atoms with van der Waals surface area (Å²) >= 11 is 5.58. The van der Waals surface area contributed by atoms with Crippen molar-refractivity contribution in [3.05, 3.63) is 29.3 Å². The fourth-order valence-corrected chi connectivity index (χ4v) is 8.42. The molecule has 0 aliphatic rings. The average Bonchev–Trinajstić information content (AvgIpc) is 2.93. The van der Waals surface area contributed by atoms with Crippen molar-refractivity contribution >= 4 is 28.9 Å². The van der Waals surface area contributed by atoms with Crippen LogP contribution in [0.2, 0.25) is 0 Å². The normalized spacial score (nSPS) is 11.6. The third kappa shape index (κ3) is 28.3. The van der Waals surface area contributed by atoms with Gasteiger partial charge in [0, 0.05) is 4.90 Å². The summed E-state index contributed by atoms with van der Waals surface area (Å²) in [6, 6.07) is 6.45. The predicted molar refractivity (Wildman–Crippen MR) is 185 cm³/mol. The Morgan fingerprint density at radius 3 is 1.00 bits per heavy atom. The second-order valence-corrected chi connectivity index (χ2v) is 18.2. The molecule has 2 nitrogen and oxygen atoms in total. The van der Waals surface area contributed by atoms with Crippen LogP contribution < -0.4 is 9.79 Å². The maximum atomic E-state index is 11.8. The van der Waals surface area contributed by atoms with E-state index in [1.54, 1.807) is 0 Å². The van der Waals surface area contributed by atoms with Gasteiger partial charge >= 0.3 is 19.5 Å². The van der Waals surface area contributed by atoms with Crippen LogP contribution >= 0.6 is 17.1 Å². The Balaban J connectivity index is 0.0000168. The van der Waals surface area contributed by atoms with Gasteiger partial charge in [-0.15, -0.1) is 23.2 Å². The minimum atomic E-state index is -3.80. The number of rotatable bonds is 30. The molecular weight excluding hydrogens is 625 g/mol. The standard InChI is InChI=1S/C36H67O2PS2.Zn/c1-3-5-7-9-11-13-15-17-19-21-23-25-27-29-34-31-35(33-36(32-34)41-39(37,38)40)30-28-26-24-22-20-18-16-14-12-10-8-6-4-2;/h31-33H,3-30H2,1-2H3,(H2,37,38,40);/q;+2/p-2. The molecule has 0 aliphatic carbocycles. The van der Waals surface area contributed by atoms with Gasteiger partial charge in [0.15, 0.2) is 0 Å². The van der Waals surface area contributed by atoms with Gasteiger partial charge in [0.2, 0.25) is 0 Å². The van der Waals surface area contributed by atoms with Crippen molar-refractivity contribution in [2.75, 3.05) is 0 Å². The van der Waals surface area contributed by atoms with Crippen molar-refractivity contribution in [1.82, 2.24) is 0 Å². The first-order chi connectivity index (χ1) is 19.9. The molecule has 0 atom stereocenters. The Kier molecular flexibility index (Phi) is 31.0. The third-order valence-electron chi connectivity index (χ3n) is 8.38. The summed E-state index contributed by atoms with van der Waals surface area (Å²) in [7, 11) is 0. The van der Waals surface area contributed by atoms with Crippen LogP contribution in [-0.2, 0) is 44.1 Å². The molecular formula is C36H65O2PS2Zn. The molecule has 0 N–H and O–H groups in total.